The number of carbonyl (C=O) groups is 1. The number of piperazine rings is 1. The highest BCUT2D eigenvalue weighted by molar-refractivity contribution is 5.76. The summed E-state index contributed by atoms with van der Waals surface area (Å²) in [6.45, 7) is 7.93. The van der Waals surface area contributed by atoms with Crippen molar-refractivity contribution in [2.24, 2.45) is 0 Å². The smallest absolute Gasteiger partial charge is 0.222 e. The second kappa shape index (κ2) is 8.89. The van der Waals surface area contributed by atoms with E-state index < -0.39 is 0 Å². The van der Waals surface area contributed by atoms with Crippen LogP contribution in [0.4, 0.5) is 0 Å². The molecule has 2 aliphatic heterocycles. The number of carbonyl (C=O) groups excluding carboxylic acids is 1. The number of amides is 1. The molecular formula is C22H33N3O2. The van der Waals surface area contributed by atoms with Crippen LogP contribution in [-0.2, 0) is 4.79 Å². The van der Waals surface area contributed by atoms with E-state index in [0.29, 0.717) is 12.3 Å². The van der Waals surface area contributed by atoms with Gasteiger partial charge in [0.2, 0.25) is 5.91 Å². The largest absolute Gasteiger partial charge is 0.497 e. The molecule has 0 saturated carbocycles. The average Bonchev–Trinajstić information content (AvgIpc) is 2.85. The van der Waals surface area contributed by atoms with Gasteiger partial charge in [-0.1, -0.05) is 24.3 Å². The van der Waals surface area contributed by atoms with Crippen molar-refractivity contribution in [3.63, 3.8) is 0 Å². The van der Waals surface area contributed by atoms with Gasteiger partial charge in [0.05, 0.1) is 7.11 Å². The van der Waals surface area contributed by atoms with Gasteiger partial charge in [0, 0.05) is 51.2 Å². The van der Waals surface area contributed by atoms with Gasteiger partial charge in [-0.3, -0.25) is 14.6 Å². The molecule has 1 amide bonds. The molecule has 5 heteroatoms. The molecule has 148 valence electrons. The van der Waals surface area contributed by atoms with Crippen LogP contribution in [-0.4, -0.2) is 79.6 Å². The van der Waals surface area contributed by atoms with Gasteiger partial charge in [0.15, 0.2) is 0 Å². The van der Waals surface area contributed by atoms with Crippen LogP contribution >= 0.6 is 0 Å². The Morgan fingerprint density at radius 2 is 1.93 bits per heavy atom. The highest BCUT2D eigenvalue weighted by Gasteiger charge is 2.41. The molecule has 0 aliphatic carbocycles. The first-order valence-electron chi connectivity index (χ1n) is 10.1. The van der Waals surface area contributed by atoms with Crippen molar-refractivity contribution in [1.82, 2.24) is 14.7 Å². The van der Waals surface area contributed by atoms with Crippen molar-refractivity contribution in [3.05, 3.63) is 35.9 Å². The Morgan fingerprint density at radius 1 is 1.15 bits per heavy atom. The number of likely N-dealkylation sites (N-methyl/N-ethyl adjacent to an activating group) is 1. The molecule has 2 saturated heterocycles. The minimum Gasteiger partial charge on any atom is -0.497 e. The van der Waals surface area contributed by atoms with Crippen LogP contribution in [0.25, 0.3) is 6.08 Å². The number of benzene rings is 1. The van der Waals surface area contributed by atoms with E-state index in [0.717, 1.165) is 57.9 Å². The molecule has 1 unspecified atom stereocenters. The van der Waals surface area contributed by atoms with Gasteiger partial charge in [-0.2, -0.15) is 0 Å². The molecule has 3 rings (SSSR count). The van der Waals surface area contributed by atoms with Gasteiger partial charge in [0.1, 0.15) is 5.75 Å². The lowest BCUT2D eigenvalue weighted by atomic mass is 9.86. The maximum absolute atomic E-state index is 12.3. The van der Waals surface area contributed by atoms with Crippen LogP contribution in [0.3, 0.4) is 0 Å². The first kappa shape index (κ1) is 19.9. The zero-order valence-electron chi connectivity index (χ0n) is 17.0. The molecule has 1 atom stereocenters. The monoisotopic (exact) mass is 371 g/mol. The Kier molecular flexibility index (Phi) is 6.55. The summed E-state index contributed by atoms with van der Waals surface area (Å²) in [6.07, 6.45) is 7.15. The Morgan fingerprint density at radius 3 is 2.63 bits per heavy atom. The Labute approximate surface area is 163 Å². The number of rotatable bonds is 5. The maximum atomic E-state index is 12.3. The van der Waals surface area contributed by atoms with Crippen LogP contribution in [0.15, 0.2) is 30.3 Å². The third-order valence-corrected chi connectivity index (χ3v) is 6.25. The Bertz CT molecular complexity index is 658. The fraction of sp³-hybridized carbons (Fsp3) is 0.591. The topological polar surface area (TPSA) is 36.0 Å². The molecule has 0 aromatic heterocycles. The maximum Gasteiger partial charge on any atom is 0.222 e. The summed E-state index contributed by atoms with van der Waals surface area (Å²) in [5, 5.41) is 0. The third kappa shape index (κ3) is 4.71. The van der Waals surface area contributed by atoms with Crippen molar-refractivity contribution < 1.29 is 9.53 Å². The van der Waals surface area contributed by atoms with Crippen molar-refractivity contribution in [2.45, 2.75) is 31.7 Å². The lowest BCUT2D eigenvalue weighted by Gasteiger charge is -2.49. The second-order valence-electron chi connectivity index (χ2n) is 7.78. The van der Waals surface area contributed by atoms with Crippen LogP contribution in [0.2, 0.25) is 0 Å². The minimum absolute atomic E-state index is 0.131. The van der Waals surface area contributed by atoms with E-state index in [4.69, 9.17) is 4.74 Å². The van der Waals surface area contributed by atoms with E-state index in [1.807, 2.05) is 17.0 Å². The summed E-state index contributed by atoms with van der Waals surface area (Å²) in [5.74, 6) is 1.21. The highest BCUT2D eigenvalue weighted by atomic mass is 16.5. The number of hydrogen-bond donors (Lipinski definition) is 0. The average molecular weight is 372 g/mol. The number of likely N-dealkylation sites (tertiary alicyclic amines) is 1. The number of nitrogens with zero attached hydrogens (tertiary/aromatic N) is 3. The van der Waals surface area contributed by atoms with Crippen LogP contribution in [0.1, 0.15) is 31.7 Å². The fourth-order valence-corrected chi connectivity index (χ4v) is 4.32. The molecule has 27 heavy (non-hydrogen) atoms. The van der Waals surface area contributed by atoms with E-state index >= 15 is 0 Å². The molecule has 5 nitrogen and oxygen atoms in total. The standard InChI is InChI=1S/C22H33N3O2/c1-4-25-15-13-22(12-11-21(25)26)18-24(17-16-23(22)2)14-5-6-19-7-9-20(27-3)10-8-19/h5-10H,4,11-18H2,1-3H3. The lowest BCUT2D eigenvalue weighted by molar-refractivity contribution is -0.130. The van der Waals surface area contributed by atoms with Crippen molar-refractivity contribution >= 4 is 12.0 Å². The van der Waals surface area contributed by atoms with Crippen LogP contribution in [0.5, 0.6) is 5.75 Å². The van der Waals surface area contributed by atoms with E-state index in [1.165, 1.54) is 5.56 Å². The molecular weight excluding hydrogens is 338 g/mol. The van der Waals surface area contributed by atoms with Crippen molar-refractivity contribution in [3.8, 4) is 5.75 Å². The molecule has 2 fully saturated rings. The first-order chi connectivity index (χ1) is 13.1. The molecule has 2 heterocycles. The lowest BCUT2D eigenvalue weighted by Crippen LogP contribution is -2.61. The molecule has 2 aliphatic rings. The molecule has 1 spiro atoms. The van der Waals surface area contributed by atoms with Gasteiger partial charge in [0.25, 0.3) is 0 Å². The minimum atomic E-state index is 0.131. The summed E-state index contributed by atoms with van der Waals surface area (Å²) >= 11 is 0. The van der Waals surface area contributed by atoms with Gasteiger partial charge in [-0.05, 0) is 44.5 Å². The normalized spacial score (nSPS) is 25.3. The van der Waals surface area contributed by atoms with E-state index in [2.05, 4.69) is 48.1 Å². The fourth-order valence-electron chi connectivity index (χ4n) is 4.32. The molecule has 0 N–H and O–H groups in total. The Hall–Kier alpha value is -1.85. The summed E-state index contributed by atoms with van der Waals surface area (Å²) in [4.78, 5) is 19.4. The predicted octanol–water partition coefficient (Wildman–Crippen LogP) is 2.73. The molecule has 1 aromatic rings. The summed E-state index contributed by atoms with van der Waals surface area (Å²) in [6, 6.07) is 8.15. The van der Waals surface area contributed by atoms with E-state index in [-0.39, 0.29) is 5.54 Å². The first-order valence-corrected chi connectivity index (χ1v) is 10.1. The SMILES string of the molecule is CCN1CCC2(CCC1=O)CN(CC=Cc1ccc(OC)cc1)CCN2C. The second-order valence-corrected chi connectivity index (χ2v) is 7.78. The summed E-state index contributed by atoms with van der Waals surface area (Å²) < 4.78 is 5.21. The molecule has 0 bridgehead atoms. The number of methoxy groups -OCH3 is 1. The quantitative estimate of drug-likeness (QED) is 0.797. The predicted molar refractivity (Wildman–Crippen MR) is 110 cm³/mol. The van der Waals surface area contributed by atoms with Crippen molar-refractivity contribution in [1.29, 1.82) is 0 Å². The van der Waals surface area contributed by atoms with E-state index in [9.17, 15) is 4.79 Å². The van der Waals surface area contributed by atoms with Crippen LogP contribution in [0, 0.1) is 0 Å². The van der Waals surface area contributed by atoms with Gasteiger partial charge >= 0.3 is 0 Å². The van der Waals surface area contributed by atoms with Gasteiger partial charge < -0.3 is 9.64 Å². The summed E-state index contributed by atoms with van der Waals surface area (Å²) in [5.41, 5.74) is 1.32. The third-order valence-electron chi connectivity index (χ3n) is 6.25. The number of hydrogen-bond acceptors (Lipinski definition) is 4. The summed E-state index contributed by atoms with van der Waals surface area (Å²) in [7, 11) is 3.92. The zero-order valence-corrected chi connectivity index (χ0v) is 17.0. The zero-order chi connectivity index (χ0) is 19.3. The highest BCUT2D eigenvalue weighted by Crippen LogP contribution is 2.32. The molecule has 1 aromatic carbocycles. The van der Waals surface area contributed by atoms with Crippen molar-refractivity contribution in [2.75, 3.05) is 53.4 Å². The van der Waals surface area contributed by atoms with Gasteiger partial charge in [-0.15, -0.1) is 0 Å². The number of ether oxygens (including phenoxy) is 1. The molecule has 0 radical (unpaired) electrons. The van der Waals surface area contributed by atoms with E-state index in [1.54, 1.807) is 7.11 Å². The van der Waals surface area contributed by atoms with Gasteiger partial charge in [-0.25, -0.2) is 0 Å². The Balaban J connectivity index is 1.61. The van der Waals surface area contributed by atoms with Crippen LogP contribution < -0.4 is 4.74 Å².